The summed E-state index contributed by atoms with van der Waals surface area (Å²) in [5.74, 6) is 0. The predicted octanol–water partition coefficient (Wildman–Crippen LogP) is 3.06. The van der Waals surface area contributed by atoms with Crippen LogP contribution in [-0.4, -0.2) is 17.2 Å². The largest absolute Gasteiger partial charge is 0.350 e. The lowest BCUT2D eigenvalue weighted by molar-refractivity contribution is -0.384. The Bertz CT molecular complexity index is 760. The number of nitrogens with zero attached hydrogens (tertiary/aromatic N) is 2. The second-order valence-electron chi connectivity index (χ2n) is 4.63. The van der Waals surface area contributed by atoms with Gasteiger partial charge in [0.15, 0.2) is 0 Å². The van der Waals surface area contributed by atoms with Gasteiger partial charge in [-0.25, -0.2) is 10.2 Å². The number of aryl methyl sites for hydroxylation is 1. The molecular weight excluding hydrogens is 316 g/mol. The number of amides is 2. The van der Waals surface area contributed by atoms with E-state index in [1.165, 1.54) is 30.1 Å². The minimum absolute atomic E-state index is 0.0567. The lowest BCUT2D eigenvalue weighted by Crippen LogP contribution is -2.24. The molecule has 8 heteroatoms. The van der Waals surface area contributed by atoms with Crippen LogP contribution in [0.4, 0.5) is 10.5 Å². The van der Waals surface area contributed by atoms with Crippen molar-refractivity contribution in [3.05, 3.63) is 63.7 Å². The van der Waals surface area contributed by atoms with Crippen LogP contribution in [0.3, 0.4) is 0 Å². The van der Waals surface area contributed by atoms with Crippen LogP contribution in [-0.2, 0) is 0 Å². The van der Waals surface area contributed by atoms with E-state index in [1.54, 1.807) is 6.07 Å². The Labute approximate surface area is 136 Å². The minimum Gasteiger partial charge on any atom is -0.350 e. The van der Waals surface area contributed by atoms with Crippen LogP contribution >= 0.6 is 11.8 Å². The third-order valence-electron chi connectivity index (χ3n) is 2.83. The van der Waals surface area contributed by atoms with Crippen LogP contribution in [0.15, 0.2) is 57.4 Å². The summed E-state index contributed by atoms with van der Waals surface area (Å²) < 4.78 is 0. The highest BCUT2D eigenvalue weighted by Gasteiger charge is 2.11. The van der Waals surface area contributed by atoms with Gasteiger partial charge in [-0.15, -0.1) is 0 Å². The Kier molecular flexibility index (Phi) is 5.32. The van der Waals surface area contributed by atoms with Crippen molar-refractivity contribution in [2.24, 2.45) is 10.8 Å². The van der Waals surface area contributed by atoms with E-state index in [4.69, 9.17) is 5.73 Å². The standard InChI is InChI=1S/C15H14N4O3S/c1-10-2-5-13(6-3-10)23-14-7-4-12(19(21)22)8-11(14)9-17-18-15(16)20/h2-9H,1H3,(H3,16,18,20). The fourth-order valence-electron chi connectivity index (χ4n) is 1.74. The predicted molar refractivity (Wildman–Crippen MR) is 88.7 cm³/mol. The van der Waals surface area contributed by atoms with Crippen LogP contribution in [0.1, 0.15) is 11.1 Å². The van der Waals surface area contributed by atoms with Crippen LogP contribution in [0, 0.1) is 17.0 Å². The van der Waals surface area contributed by atoms with Crippen molar-refractivity contribution in [1.82, 2.24) is 5.43 Å². The molecule has 0 atom stereocenters. The monoisotopic (exact) mass is 330 g/mol. The molecule has 0 radical (unpaired) electrons. The average Bonchev–Trinajstić information content (AvgIpc) is 2.50. The Morgan fingerprint density at radius 3 is 2.61 bits per heavy atom. The molecule has 0 saturated heterocycles. The molecule has 0 aliphatic rings. The molecule has 0 fully saturated rings. The number of nitro groups is 1. The summed E-state index contributed by atoms with van der Waals surface area (Å²) in [6.07, 6.45) is 1.33. The molecule has 23 heavy (non-hydrogen) atoms. The molecule has 2 amide bonds. The molecule has 0 unspecified atom stereocenters. The van der Waals surface area contributed by atoms with Gasteiger partial charge in [0.25, 0.3) is 5.69 Å². The second-order valence-corrected chi connectivity index (χ2v) is 5.74. The fraction of sp³-hybridized carbons (Fsp3) is 0.0667. The van der Waals surface area contributed by atoms with Gasteiger partial charge in [0, 0.05) is 27.5 Å². The van der Waals surface area contributed by atoms with Crippen LogP contribution < -0.4 is 11.2 Å². The van der Waals surface area contributed by atoms with Crippen LogP contribution in [0.25, 0.3) is 0 Å². The van der Waals surface area contributed by atoms with Crippen molar-refractivity contribution in [2.45, 2.75) is 16.7 Å². The van der Waals surface area contributed by atoms with Gasteiger partial charge in [-0.2, -0.15) is 5.10 Å². The number of hydrogen-bond donors (Lipinski definition) is 2. The molecule has 2 aromatic rings. The molecule has 3 N–H and O–H groups in total. The number of hydrogen-bond acceptors (Lipinski definition) is 5. The van der Waals surface area contributed by atoms with Gasteiger partial charge >= 0.3 is 6.03 Å². The molecule has 2 aromatic carbocycles. The quantitative estimate of drug-likeness (QED) is 0.498. The molecule has 2 rings (SSSR count). The van der Waals surface area contributed by atoms with E-state index in [9.17, 15) is 14.9 Å². The number of hydrazone groups is 1. The first-order valence-corrected chi connectivity index (χ1v) is 7.39. The van der Waals surface area contributed by atoms with Gasteiger partial charge in [-0.05, 0) is 25.1 Å². The van der Waals surface area contributed by atoms with Gasteiger partial charge in [0.2, 0.25) is 0 Å². The van der Waals surface area contributed by atoms with Crippen LogP contribution in [0.2, 0.25) is 0 Å². The van der Waals surface area contributed by atoms with E-state index in [0.717, 1.165) is 15.4 Å². The van der Waals surface area contributed by atoms with E-state index in [1.807, 2.05) is 31.2 Å². The number of carbonyl (C=O) groups excluding carboxylic acids is 1. The number of urea groups is 1. The molecule has 0 spiro atoms. The smallest absolute Gasteiger partial charge is 0.332 e. The maximum atomic E-state index is 10.9. The van der Waals surface area contributed by atoms with Crippen LogP contribution in [0.5, 0.6) is 0 Å². The van der Waals surface area contributed by atoms with E-state index in [0.29, 0.717) is 5.56 Å². The Morgan fingerprint density at radius 1 is 1.30 bits per heavy atom. The third kappa shape index (κ3) is 4.82. The van der Waals surface area contributed by atoms with Gasteiger partial charge in [0.1, 0.15) is 0 Å². The highest BCUT2D eigenvalue weighted by atomic mass is 32.2. The minimum atomic E-state index is -0.806. The first-order valence-electron chi connectivity index (χ1n) is 6.57. The Hall–Kier alpha value is -2.87. The normalized spacial score (nSPS) is 10.7. The summed E-state index contributed by atoms with van der Waals surface area (Å²) in [5, 5.41) is 14.6. The molecule has 0 heterocycles. The highest BCUT2D eigenvalue weighted by molar-refractivity contribution is 7.99. The van der Waals surface area contributed by atoms with Gasteiger partial charge in [-0.3, -0.25) is 10.1 Å². The number of nitrogens with two attached hydrogens (primary N) is 1. The number of non-ortho nitro benzene ring substituents is 1. The molecular formula is C15H14N4O3S. The van der Waals surface area contributed by atoms with Crippen molar-refractivity contribution in [1.29, 1.82) is 0 Å². The van der Waals surface area contributed by atoms with E-state index < -0.39 is 11.0 Å². The number of nitrogens with one attached hydrogen (secondary N) is 1. The fourth-order valence-corrected chi connectivity index (χ4v) is 2.63. The van der Waals surface area contributed by atoms with E-state index >= 15 is 0 Å². The Balaban J connectivity index is 2.32. The van der Waals surface area contributed by atoms with Crippen molar-refractivity contribution in [3.63, 3.8) is 0 Å². The zero-order chi connectivity index (χ0) is 16.8. The number of rotatable bonds is 5. The second kappa shape index (κ2) is 7.41. The first-order chi connectivity index (χ1) is 11.0. The van der Waals surface area contributed by atoms with E-state index in [2.05, 4.69) is 10.5 Å². The molecule has 0 bridgehead atoms. The van der Waals surface area contributed by atoms with Crippen molar-refractivity contribution in [3.8, 4) is 0 Å². The highest BCUT2D eigenvalue weighted by Crippen LogP contribution is 2.32. The number of benzene rings is 2. The first kappa shape index (κ1) is 16.5. The molecule has 118 valence electrons. The van der Waals surface area contributed by atoms with Gasteiger partial charge in [0.05, 0.1) is 11.1 Å². The van der Waals surface area contributed by atoms with E-state index in [-0.39, 0.29) is 5.69 Å². The molecule has 0 aliphatic carbocycles. The number of carbonyl (C=O) groups is 1. The van der Waals surface area contributed by atoms with Gasteiger partial charge < -0.3 is 5.73 Å². The maximum Gasteiger partial charge on any atom is 0.332 e. The van der Waals surface area contributed by atoms with Crippen molar-refractivity contribution < 1.29 is 9.72 Å². The molecule has 0 saturated carbocycles. The van der Waals surface area contributed by atoms with Crippen molar-refractivity contribution in [2.75, 3.05) is 0 Å². The topological polar surface area (TPSA) is 111 Å². The van der Waals surface area contributed by atoms with Gasteiger partial charge in [-0.1, -0.05) is 29.5 Å². The van der Waals surface area contributed by atoms with Crippen molar-refractivity contribution >= 4 is 29.7 Å². The molecule has 0 aliphatic heterocycles. The number of nitro benzene ring substituents is 1. The summed E-state index contributed by atoms with van der Waals surface area (Å²) in [4.78, 5) is 22.8. The summed E-state index contributed by atoms with van der Waals surface area (Å²) >= 11 is 1.44. The average molecular weight is 330 g/mol. The molecule has 0 aromatic heterocycles. The Morgan fingerprint density at radius 2 is 2.00 bits per heavy atom. The number of primary amides is 1. The summed E-state index contributed by atoms with van der Waals surface area (Å²) in [5.41, 5.74) is 8.60. The lowest BCUT2D eigenvalue weighted by atomic mass is 10.2. The SMILES string of the molecule is Cc1ccc(Sc2ccc([N+](=O)[O-])cc2C=NNC(N)=O)cc1. The maximum absolute atomic E-state index is 10.9. The molecule has 7 nitrogen and oxygen atoms in total. The third-order valence-corrected chi connectivity index (χ3v) is 3.93. The summed E-state index contributed by atoms with van der Waals surface area (Å²) in [7, 11) is 0. The summed E-state index contributed by atoms with van der Waals surface area (Å²) in [6.45, 7) is 1.99. The zero-order valence-corrected chi connectivity index (χ0v) is 13.0. The lowest BCUT2D eigenvalue weighted by Gasteiger charge is -2.06. The summed E-state index contributed by atoms with van der Waals surface area (Å²) in [6, 6.07) is 11.5. The zero-order valence-electron chi connectivity index (χ0n) is 12.2.